The molecule has 1 atom stereocenters. The van der Waals surface area contributed by atoms with Crippen LogP contribution in [0.25, 0.3) is 0 Å². The molecule has 3 rings (SSSR count). The van der Waals surface area contributed by atoms with E-state index in [1.165, 1.54) is 0 Å². The Morgan fingerprint density at radius 3 is 2.54 bits per heavy atom. The third-order valence-corrected chi connectivity index (χ3v) is 4.61. The highest BCUT2D eigenvalue weighted by Gasteiger charge is 2.36. The van der Waals surface area contributed by atoms with E-state index in [1.807, 2.05) is 24.3 Å². The molecule has 0 saturated carbocycles. The van der Waals surface area contributed by atoms with Gasteiger partial charge >= 0.3 is 0 Å². The minimum Gasteiger partial charge on any atom is -0.497 e. The van der Waals surface area contributed by atoms with Crippen LogP contribution in [0.5, 0.6) is 11.5 Å². The fraction of sp³-hybridized carbons (Fsp3) is 0.300. The van der Waals surface area contributed by atoms with Crippen molar-refractivity contribution in [2.45, 2.75) is 13.0 Å². The maximum atomic E-state index is 12.9. The first-order chi connectivity index (χ1) is 12.6. The topological polar surface area (TPSA) is 59.1 Å². The summed E-state index contributed by atoms with van der Waals surface area (Å²) >= 11 is 0. The third-order valence-electron chi connectivity index (χ3n) is 4.61. The van der Waals surface area contributed by atoms with Gasteiger partial charge in [0.25, 0.3) is 5.91 Å². The van der Waals surface area contributed by atoms with Crippen molar-refractivity contribution in [3.05, 3.63) is 54.1 Å². The van der Waals surface area contributed by atoms with E-state index < -0.39 is 6.04 Å². The second kappa shape index (κ2) is 7.47. The van der Waals surface area contributed by atoms with Crippen molar-refractivity contribution in [3.63, 3.8) is 0 Å². The lowest BCUT2D eigenvalue weighted by Crippen LogP contribution is -2.57. The number of carbonyl (C=O) groups is 2. The highest BCUT2D eigenvalue weighted by atomic mass is 16.5. The molecule has 0 radical (unpaired) electrons. The van der Waals surface area contributed by atoms with Crippen molar-refractivity contribution in [2.75, 3.05) is 32.2 Å². The van der Waals surface area contributed by atoms with Gasteiger partial charge in [0.15, 0.2) is 0 Å². The molecule has 6 nitrogen and oxygen atoms in total. The average Bonchev–Trinajstić information content (AvgIpc) is 2.69. The fourth-order valence-electron chi connectivity index (χ4n) is 3.16. The monoisotopic (exact) mass is 354 g/mol. The minimum atomic E-state index is -0.563. The zero-order valence-corrected chi connectivity index (χ0v) is 15.1. The van der Waals surface area contributed by atoms with E-state index in [2.05, 4.69) is 0 Å². The van der Waals surface area contributed by atoms with Crippen molar-refractivity contribution in [3.8, 4) is 11.5 Å². The zero-order chi connectivity index (χ0) is 18.7. The maximum Gasteiger partial charge on any atom is 0.254 e. The predicted octanol–water partition coefficient (Wildman–Crippen LogP) is 2.58. The van der Waals surface area contributed by atoms with Crippen LogP contribution in [-0.4, -0.2) is 50.1 Å². The molecule has 0 aliphatic carbocycles. The Kier molecular flexibility index (Phi) is 5.11. The van der Waals surface area contributed by atoms with Gasteiger partial charge in [-0.25, -0.2) is 0 Å². The normalized spacial score (nSPS) is 17.2. The van der Waals surface area contributed by atoms with Crippen molar-refractivity contribution >= 4 is 17.5 Å². The Bertz CT molecular complexity index is 821. The number of rotatable bonds is 4. The lowest BCUT2D eigenvalue weighted by atomic mass is 10.1. The van der Waals surface area contributed by atoms with Crippen LogP contribution in [0.4, 0.5) is 5.69 Å². The number of piperazine rings is 1. The molecule has 0 bridgehead atoms. The van der Waals surface area contributed by atoms with Gasteiger partial charge in [-0.1, -0.05) is 18.2 Å². The largest absolute Gasteiger partial charge is 0.497 e. The molecule has 2 amide bonds. The first-order valence-electron chi connectivity index (χ1n) is 8.46. The molecule has 1 heterocycles. The molecule has 1 saturated heterocycles. The molecule has 1 aliphatic rings. The second-order valence-electron chi connectivity index (χ2n) is 6.07. The summed E-state index contributed by atoms with van der Waals surface area (Å²) in [5.74, 6) is 0.949. The van der Waals surface area contributed by atoms with Crippen molar-refractivity contribution in [2.24, 2.45) is 0 Å². The van der Waals surface area contributed by atoms with Crippen LogP contribution in [0.1, 0.15) is 17.3 Å². The van der Waals surface area contributed by atoms with Gasteiger partial charge < -0.3 is 19.3 Å². The Morgan fingerprint density at radius 2 is 1.81 bits per heavy atom. The van der Waals surface area contributed by atoms with E-state index >= 15 is 0 Å². The Balaban J connectivity index is 1.82. The predicted molar refractivity (Wildman–Crippen MR) is 98.8 cm³/mol. The minimum absolute atomic E-state index is 0.128. The Morgan fingerprint density at radius 1 is 1.04 bits per heavy atom. The standard InChI is InChI=1S/C20H22N2O4/c1-14-19(23)22(17-9-4-5-10-18(17)26-3)12-11-21(14)20(24)15-7-6-8-16(13-15)25-2/h4-10,13-14H,11-12H2,1-3H3. The van der Waals surface area contributed by atoms with Gasteiger partial charge in [-0.3, -0.25) is 9.59 Å². The Hall–Kier alpha value is -3.02. The molecule has 6 heteroatoms. The summed E-state index contributed by atoms with van der Waals surface area (Å²) in [5.41, 5.74) is 1.23. The van der Waals surface area contributed by atoms with E-state index in [4.69, 9.17) is 9.47 Å². The van der Waals surface area contributed by atoms with Crippen LogP contribution in [-0.2, 0) is 4.79 Å². The molecule has 26 heavy (non-hydrogen) atoms. The van der Waals surface area contributed by atoms with Crippen LogP contribution in [0.15, 0.2) is 48.5 Å². The van der Waals surface area contributed by atoms with Crippen LogP contribution < -0.4 is 14.4 Å². The van der Waals surface area contributed by atoms with Gasteiger partial charge in [0, 0.05) is 18.7 Å². The molecular weight excluding hydrogens is 332 g/mol. The highest BCUT2D eigenvalue weighted by Crippen LogP contribution is 2.30. The van der Waals surface area contributed by atoms with E-state index in [9.17, 15) is 9.59 Å². The second-order valence-corrected chi connectivity index (χ2v) is 6.07. The molecule has 1 unspecified atom stereocenters. The van der Waals surface area contributed by atoms with Crippen molar-refractivity contribution in [1.82, 2.24) is 4.90 Å². The Labute approximate surface area is 152 Å². The summed E-state index contributed by atoms with van der Waals surface area (Å²) in [6, 6.07) is 13.8. The number of amides is 2. The summed E-state index contributed by atoms with van der Waals surface area (Å²) in [6.07, 6.45) is 0. The number of hydrogen-bond donors (Lipinski definition) is 0. The van der Waals surface area contributed by atoms with E-state index in [0.717, 1.165) is 5.69 Å². The first-order valence-corrected chi connectivity index (χ1v) is 8.46. The number of ether oxygens (including phenoxy) is 2. The molecular formula is C20H22N2O4. The number of methoxy groups -OCH3 is 2. The molecule has 2 aromatic rings. The van der Waals surface area contributed by atoms with Crippen LogP contribution in [0.2, 0.25) is 0 Å². The van der Waals surface area contributed by atoms with Crippen LogP contribution >= 0.6 is 0 Å². The summed E-state index contributed by atoms with van der Waals surface area (Å²) in [4.78, 5) is 29.1. The maximum absolute atomic E-state index is 12.9. The molecule has 1 fully saturated rings. The summed E-state index contributed by atoms with van der Waals surface area (Å²) in [7, 11) is 3.14. The van der Waals surface area contributed by atoms with Crippen molar-refractivity contribution in [1.29, 1.82) is 0 Å². The van der Waals surface area contributed by atoms with Gasteiger partial charge in [0.05, 0.1) is 19.9 Å². The lowest BCUT2D eigenvalue weighted by molar-refractivity contribution is -0.124. The number of hydrogen-bond acceptors (Lipinski definition) is 4. The summed E-state index contributed by atoms with van der Waals surface area (Å²) in [6.45, 7) is 2.61. The van der Waals surface area contributed by atoms with E-state index in [0.29, 0.717) is 30.2 Å². The van der Waals surface area contributed by atoms with Crippen LogP contribution in [0, 0.1) is 0 Å². The van der Waals surface area contributed by atoms with Crippen LogP contribution in [0.3, 0.4) is 0 Å². The molecule has 0 N–H and O–H groups in total. The van der Waals surface area contributed by atoms with Gasteiger partial charge in [-0.05, 0) is 37.3 Å². The van der Waals surface area contributed by atoms with E-state index in [1.54, 1.807) is 55.2 Å². The van der Waals surface area contributed by atoms with Gasteiger partial charge in [0.1, 0.15) is 17.5 Å². The van der Waals surface area contributed by atoms with Gasteiger partial charge in [0.2, 0.25) is 5.91 Å². The molecule has 136 valence electrons. The number of anilines is 1. The summed E-state index contributed by atoms with van der Waals surface area (Å²) < 4.78 is 10.5. The number of para-hydroxylation sites is 2. The molecule has 1 aliphatic heterocycles. The lowest BCUT2D eigenvalue weighted by Gasteiger charge is -2.39. The average molecular weight is 354 g/mol. The zero-order valence-electron chi connectivity index (χ0n) is 15.1. The SMILES string of the molecule is COc1cccc(C(=O)N2CCN(c3ccccc3OC)C(=O)C2C)c1. The fourth-order valence-corrected chi connectivity index (χ4v) is 3.16. The highest BCUT2D eigenvalue weighted by molar-refractivity contribution is 6.04. The smallest absolute Gasteiger partial charge is 0.254 e. The number of carbonyl (C=O) groups excluding carboxylic acids is 2. The van der Waals surface area contributed by atoms with E-state index in [-0.39, 0.29) is 11.8 Å². The number of nitrogens with zero attached hydrogens (tertiary/aromatic N) is 2. The molecule has 2 aromatic carbocycles. The van der Waals surface area contributed by atoms with Gasteiger partial charge in [-0.2, -0.15) is 0 Å². The molecule has 0 spiro atoms. The first kappa shape index (κ1) is 17.8. The number of benzene rings is 2. The summed E-state index contributed by atoms with van der Waals surface area (Å²) in [5, 5.41) is 0. The quantitative estimate of drug-likeness (QED) is 0.847. The third kappa shape index (κ3) is 3.22. The van der Waals surface area contributed by atoms with Gasteiger partial charge in [-0.15, -0.1) is 0 Å². The van der Waals surface area contributed by atoms with Crippen molar-refractivity contribution < 1.29 is 19.1 Å². The molecule has 0 aromatic heterocycles.